The van der Waals surface area contributed by atoms with Gasteiger partial charge >= 0.3 is 18.2 Å². The van der Waals surface area contributed by atoms with Gasteiger partial charge in [-0.25, -0.2) is 9.78 Å². The van der Waals surface area contributed by atoms with Gasteiger partial charge in [-0.2, -0.15) is 13.2 Å². The summed E-state index contributed by atoms with van der Waals surface area (Å²) in [5.41, 5.74) is -0.884. The van der Waals surface area contributed by atoms with Gasteiger partial charge in [-0.1, -0.05) is 0 Å². The third-order valence-electron chi connectivity index (χ3n) is 3.72. The van der Waals surface area contributed by atoms with Crippen LogP contribution in [-0.2, 0) is 11.0 Å². The number of carboxylic acids is 1. The van der Waals surface area contributed by atoms with Crippen LogP contribution in [0.4, 0.5) is 23.7 Å². The molecule has 0 bridgehead atoms. The van der Waals surface area contributed by atoms with Crippen molar-refractivity contribution in [2.45, 2.75) is 37.9 Å². The molecular formula is C14H16F3N3O3. The van der Waals surface area contributed by atoms with E-state index in [0.29, 0.717) is 25.7 Å². The molecule has 0 saturated heterocycles. The highest BCUT2D eigenvalue weighted by atomic mass is 19.4. The SMILES string of the molecule is O=C(Nc1ccc(C(F)(F)F)nc1)NC1CCC(C(=O)O)CC1. The van der Waals surface area contributed by atoms with Gasteiger partial charge < -0.3 is 15.7 Å². The Labute approximate surface area is 130 Å². The average Bonchev–Trinajstić information content (AvgIpc) is 2.47. The van der Waals surface area contributed by atoms with E-state index in [0.717, 1.165) is 18.3 Å². The zero-order valence-corrected chi connectivity index (χ0v) is 12.1. The van der Waals surface area contributed by atoms with Crippen LogP contribution in [0.1, 0.15) is 31.4 Å². The summed E-state index contributed by atoms with van der Waals surface area (Å²) in [6.07, 6.45) is -1.51. The zero-order valence-electron chi connectivity index (χ0n) is 12.1. The lowest BCUT2D eigenvalue weighted by Crippen LogP contribution is -2.41. The molecule has 0 radical (unpaired) electrons. The number of nitrogens with one attached hydrogen (secondary N) is 2. The van der Waals surface area contributed by atoms with Crippen LogP contribution in [0.2, 0.25) is 0 Å². The van der Waals surface area contributed by atoms with Crippen molar-refractivity contribution in [3.8, 4) is 0 Å². The molecule has 2 amide bonds. The number of carbonyl (C=O) groups is 2. The number of rotatable bonds is 3. The Morgan fingerprint density at radius 1 is 1.17 bits per heavy atom. The number of carboxylic acid groups (broad SMARTS) is 1. The van der Waals surface area contributed by atoms with Crippen LogP contribution >= 0.6 is 0 Å². The number of carbonyl (C=O) groups excluding carboxylic acids is 1. The van der Waals surface area contributed by atoms with Gasteiger partial charge in [-0.3, -0.25) is 4.79 Å². The summed E-state index contributed by atoms with van der Waals surface area (Å²) in [5.74, 6) is -1.21. The third-order valence-corrected chi connectivity index (χ3v) is 3.72. The van der Waals surface area contributed by atoms with Crippen LogP contribution in [0.25, 0.3) is 0 Å². The first-order valence-corrected chi connectivity index (χ1v) is 7.09. The van der Waals surface area contributed by atoms with E-state index in [-0.39, 0.29) is 17.6 Å². The molecule has 0 spiro atoms. The summed E-state index contributed by atoms with van der Waals surface area (Å²) >= 11 is 0. The largest absolute Gasteiger partial charge is 0.481 e. The highest BCUT2D eigenvalue weighted by Gasteiger charge is 2.32. The lowest BCUT2D eigenvalue weighted by atomic mass is 9.86. The number of amides is 2. The first-order chi connectivity index (χ1) is 10.8. The number of hydrogen-bond acceptors (Lipinski definition) is 3. The fourth-order valence-corrected chi connectivity index (χ4v) is 2.47. The molecule has 0 aliphatic heterocycles. The van der Waals surface area contributed by atoms with Gasteiger partial charge in [0.05, 0.1) is 17.8 Å². The smallest absolute Gasteiger partial charge is 0.433 e. The molecule has 6 nitrogen and oxygen atoms in total. The van der Waals surface area contributed by atoms with Crippen LogP contribution in [0.15, 0.2) is 18.3 Å². The van der Waals surface area contributed by atoms with Gasteiger partial charge in [-0.15, -0.1) is 0 Å². The molecular weight excluding hydrogens is 315 g/mol. The Hall–Kier alpha value is -2.32. The summed E-state index contributed by atoms with van der Waals surface area (Å²) in [4.78, 5) is 25.9. The summed E-state index contributed by atoms with van der Waals surface area (Å²) in [6, 6.07) is 1.21. The summed E-state index contributed by atoms with van der Waals surface area (Å²) in [6.45, 7) is 0. The van der Waals surface area contributed by atoms with Crippen LogP contribution in [0.5, 0.6) is 0 Å². The molecule has 3 N–H and O–H groups in total. The summed E-state index contributed by atoms with van der Waals surface area (Å²) in [5, 5.41) is 14.0. The second-order valence-corrected chi connectivity index (χ2v) is 5.42. The molecule has 1 fully saturated rings. The average molecular weight is 331 g/mol. The monoisotopic (exact) mass is 331 g/mol. The maximum Gasteiger partial charge on any atom is 0.433 e. The van der Waals surface area contributed by atoms with Crippen molar-refractivity contribution in [2.24, 2.45) is 5.92 Å². The fourth-order valence-electron chi connectivity index (χ4n) is 2.47. The van der Waals surface area contributed by atoms with Crippen molar-refractivity contribution in [3.63, 3.8) is 0 Å². The zero-order chi connectivity index (χ0) is 17.0. The molecule has 0 atom stereocenters. The second-order valence-electron chi connectivity index (χ2n) is 5.42. The van der Waals surface area contributed by atoms with Gasteiger partial charge in [0.25, 0.3) is 0 Å². The van der Waals surface area contributed by atoms with Gasteiger partial charge in [-0.05, 0) is 37.8 Å². The minimum absolute atomic E-state index is 0.145. The normalized spacial score (nSPS) is 21.5. The van der Waals surface area contributed by atoms with Crippen molar-refractivity contribution in [3.05, 3.63) is 24.0 Å². The van der Waals surface area contributed by atoms with E-state index in [1.54, 1.807) is 0 Å². The lowest BCUT2D eigenvalue weighted by Gasteiger charge is -2.26. The molecule has 1 heterocycles. The maximum absolute atomic E-state index is 12.4. The Morgan fingerprint density at radius 2 is 1.83 bits per heavy atom. The molecule has 1 aromatic rings. The number of urea groups is 1. The molecule has 1 saturated carbocycles. The number of hydrogen-bond donors (Lipinski definition) is 3. The quantitative estimate of drug-likeness (QED) is 0.794. The number of halogens is 3. The summed E-state index contributed by atoms with van der Waals surface area (Å²) in [7, 11) is 0. The highest BCUT2D eigenvalue weighted by Crippen LogP contribution is 2.28. The van der Waals surface area contributed by atoms with E-state index < -0.39 is 23.9 Å². The summed E-state index contributed by atoms with van der Waals surface area (Å²) < 4.78 is 37.1. The van der Waals surface area contributed by atoms with Crippen molar-refractivity contribution < 1.29 is 27.9 Å². The van der Waals surface area contributed by atoms with Gasteiger partial charge in [0.15, 0.2) is 0 Å². The van der Waals surface area contributed by atoms with E-state index >= 15 is 0 Å². The standard InChI is InChI=1S/C14H16F3N3O3/c15-14(16,17)11-6-5-10(7-18-11)20-13(23)19-9-3-1-8(2-4-9)12(21)22/h5-9H,1-4H2,(H,21,22)(H2,19,20,23). The minimum atomic E-state index is -4.52. The molecule has 23 heavy (non-hydrogen) atoms. The van der Waals surface area contributed by atoms with Crippen molar-refractivity contribution >= 4 is 17.7 Å². The second kappa shape index (κ2) is 6.84. The highest BCUT2D eigenvalue weighted by molar-refractivity contribution is 5.89. The van der Waals surface area contributed by atoms with Crippen LogP contribution in [0, 0.1) is 5.92 Å². The van der Waals surface area contributed by atoms with Gasteiger partial charge in [0.1, 0.15) is 5.69 Å². The third kappa shape index (κ3) is 4.83. The van der Waals surface area contributed by atoms with E-state index in [4.69, 9.17) is 5.11 Å². The predicted octanol–water partition coefficient (Wildman–Crippen LogP) is 2.87. The van der Waals surface area contributed by atoms with Crippen LogP contribution in [0.3, 0.4) is 0 Å². The van der Waals surface area contributed by atoms with Crippen molar-refractivity contribution in [2.75, 3.05) is 5.32 Å². The van der Waals surface area contributed by atoms with E-state index in [1.807, 2.05) is 0 Å². The number of pyridine rings is 1. The Balaban J connectivity index is 1.82. The number of aliphatic carboxylic acids is 1. The lowest BCUT2D eigenvalue weighted by molar-refractivity contribution is -0.143. The van der Waals surface area contributed by atoms with Crippen LogP contribution < -0.4 is 10.6 Å². The predicted molar refractivity (Wildman–Crippen MR) is 74.8 cm³/mol. The number of nitrogens with zero attached hydrogens (tertiary/aromatic N) is 1. The van der Waals surface area contributed by atoms with Crippen molar-refractivity contribution in [1.29, 1.82) is 0 Å². The topological polar surface area (TPSA) is 91.3 Å². The first-order valence-electron chi connectivity index (χ1n) is 7.09. The molecule has 1 aliphatic carbocycles. The van der Waals surface area contributed by atoms with E-state index in [1.165, 1.54) is 0 Å². The van der Waals surface area contributed by atoms with Gasteiger partial charge in [0, 0.05) is 6.04 Å². The number of anilines is 1. The molecule has 1 aromatic heterocycles. The van der Waals surface area contributed by atoms with E-state index in [9.17, 15) is 22.8 Å². The van der Waals surface area contributed by atoms with Gasteiger partial charge in [0.2, 0.25) is 0 Å². The van der Waals surface area contributed by atoms with E-state index in [2.05, 4.69) is 15.6 Å². The molecule has 0 unspecified atom stereocenters. The molecule has 9 heteroatoms. The molecule has 1 aliphatic rings. The fraction of sp³-hybridized carbons (Fsp3) is 0.500. The Bertz CT molecular complexity index is 567. The first kappa shape index (κ1) is 17.0. The Morgan fingerprint density at radius 3 is 2.30 bits per heavy atom. The maximum atomic E-state index is 12.4. The number of alkyl halides is 3. The molecule has 126 valence electrons. The molecule has 0 aromatic carbocycles. The Kier molecular flexibility index (Phi) is 5.07. The van der Waals surface area contributed by atoms with Crippen molar-refractivity contribution in [1.82, 2.24) is 10.3 Å². The van der Waals surface area contributed by atoms with Crippen LogP contribution in [-0.4, -0.2) is 28.1 Å². The minimum Gasteiger partial charge on any atom is -0.481 e. The molecule has 2 rings (SSSR count). The number of aromatic nitrogens is 1.